The molecule has 0 atom stereocenters. The number of nitrogens with zero attached hydrogens (tertiary/aromatic N) is 1. The molecule has 0 fully saturated rings. The lowest BCUT2D eigenvalue weighted by atomic mass is 10.1. The Balaban J connectivity index is 1.42. The van der Waals surface area contributed by atoms with Gasteiger partial charge in [0.25, 0.3) is 5.91 Å². The minimum atomic E-state index is -0.211. The van der Waals surface area contributed by atoms with E-state index in [0.717, 1.165) is 5.56 Å². The smallest absolute Gasteiger partial charge is 0.255 e. The summed E-state index contributed by atoms with van der Waals surface area (Å²) in [4.78, 5) is 16.9. The topological polar surface area (TPSA) is 72.5 Å². The monoisotopic (exact) mass is 375 g/mol. The van der Waals surface area contributed by atoms with E-state index in [0.29, 0.717) is 48.3 Å². The Morgan fingerprint density at radius 3 is 2.61 bits per heavy atom. The molecule has 6 nitrogen and oxygen atoms in total. The third kappa shape index (κ3) is 4.23. The van der Waals surface area contributed by atoms with Gasteiger partial charge >= 0.3 is 0 Å². The molecule has 28 heavy (non-hydrogen) atoms. The van der Waals surface area contributed by atoms with Crippen LogP contribution in [0.4, 0.5) is 11.5 Å². The van der Waals surface area contributed by atoms with Gasteiger partial charge in [-0.25, -0.2) is 4.98 Å². The number of pyridine rings is 1. The highest BCUT2D eigenvalue weighted by atomic mass is 16.6. The number of benzene rings is 2. The lowest BCUT2D eigenvalue weighted by Gasteiger charge is -2.19. The van der Waals surface area contributed by atoms with Gasteiger partial charge in [-0.1, -0.05) is 29.8 Å². The van der Waals surface area contributed by atoms with E-state index in [1.54, 1.807) is 36.5 Å². The molecule has 1 amide bonds. The van der Waals surface area contributed by atoms with Crippen molar-refractivity contribution in [1.82, 2.24) is 4.98 Å². The molecule has 0 spiro atoms. The van der Waals surface area contributed by atoms with Gasteiger partial charge in [-0.15, -0.1) is 0 Å². The third-order valence-corrected chi connectivity index (χ3v) is 4.42. The number of anilines is 2. The molecule has 1 aromatic heterocycles. The zero-order chi connectivity index (χ0) is 19.3. The number of hydrogen-bond donors (Lipinski definition) is 2. The second-order valence-electron chi connectivity index (χ2n) is 6.58. The molecule has 0 saturated carbocycles. The SMILES string of the molecule is Cc1ccc(CNc2cc(C(=O)Nc3ccc4c(c3)OCCO4)ccn2)cc1. The first-order valence-electron chi connectivity index (χ1n) is 9.14. The number of ether oxygens (including phenoxy) is 2. The maximum atomic E-state index is 12.6. The van der Waals surface area contributed by atoms with Gasteiger partial charge in [-0.05, 0) is 36.8 Å². The molecule has 1 aliphatic heterocycles. The molecular formula is C22H21N3O3. The van der Waals surface area contributed by atoms with Crippen molar-refractivity contribution >= 4 is 17.4 Å². The molecule has 6 heteroatoms. The van der Waals surface area contributed by atoms with Gasteiger partial charge in [0.05, 0.1) is 0 Å². The minimum Gasteiger partial charge on any atom is -0.486 e. The number of carbonyl (C=O) groups is 1. The van der Waals surface area contributed by atoms with Crippen LogP contribution in [0.2, 0.25) is 0 Å². The van der Waals surface area contributed by atoms with Crippen LogP contribution >= 0.6 is 0 Å². The van der Waals surface area contributed by atoms with Crippen LogP contribution < -0.4 is 20.1 Å². The maximum absolute atomic E-state index is 12.6. The summed E-state index contributed by atoms with van der Waals surface area (Å²) in [5.74, 6) is 1.77. The van der Waals surface area contributed by atoms with Crippen LogP contribution in [0.5, 0.6) is 11.5 Å². The van der Waals surface area contributed by atoms with E-state index in [1.807, 2.05) is 0 Å². The summed E-state index contributed by atoms with van der Waals surface area (Å²) >= 11 is 0. The predicted molar refractivity (Wildman–Crippen MR) is 108 cm³/mol. The van der Waals surface area contributed by atoms with E-state index in [1.165, 1.54) is 5.56 Å². The minimum absolute atomic E-state index is 0.211. The fraction of sp³-hybridized carbons (Fsp3) is 0.182. The molecule has 0 unspecified atom stereocenters. The first kappa shape index (κ1) is 17.9. The largest absolute Gasteiger partial charge is 0.486 e. The first-order chi connectivity index (χ1) is 13.7. The molecule has 4 rings (SSSR count). The number of amides is 1. The first-order valence-corrected chi connectivity index (χ1v) is 9.14. The molecule has 0 radical (unpaired) electrons. The zero-order valence-corrected chi connectivity index (χ0v) is 15.6. The third-order valence-electron chi connectivity index (χ3n) is 4.42. The van der Waals surface area contributed by atoms with Crippen LogP contribution in [-0.2, 0) is 6.54 Å². The highest BCUT2D eigenvalue weighted by molar-refractivity contribution is 6.04. The number of aromatic nitrogens is 1. The predicted octanol–water partition coefficient (Wildman–Crippen LogP) is 4.03. The van der Waals surface area contributed by atoms with Gasteiger partial charge in [0.15, 0.2) is 11.5 Å². The van der Waals surface area contributed by atoms with Crippen molar-refractivity contribution < 1.29 is 14.3 Å². The van der Waals surface area contributed by atoms with Crippen molar-refractivity contribution in [1.29, 1.82) is 0 Å². The van der Waals surface area contributed by atoms with Crippen molar-refractivity contribution in [2.45, 2.75) is 13.5 Å². The van der Waals surface area contributed by atoms with Crippen LogP contribution in [-0.4, -0.2) is 24.1 Å². The molecule has 0 saturated heterocycles. The lowest BCUT2D eigenvalue weighted by Crippen LogP contribution is -2.16. The van der Waals surface area contributed by atoms with Gasteiger partial charge in [-0.2, -0.15) is 0 Å². The van der Waals surface area contributed by atoms with Crippen LogP contribution in [0, 0.1) is 6.92 Å². The highest BCUT2D eigenvalue weighted by Crippen LogP contribution is 2.32. The van der Waals surface area contributed by atoms with E-state index >= 15 is 0 Å². The zero-order valence-electron chi connectivity index (χ0n) is 15.6. The normalized spacial score (nSPS) is 12.3. The van der Waals surface area contributed by atoms with Crippen molar-refractivity contribution in [3.05, 3.63) is 77.5 Å². The van der Waals surface area contributed by atoms with Crippen LogP contribution in [0.3, 0.4) is 0 Å². The van der Waals surface area contributed by atoms with Gasteiger partial charge < -0.3 is 20.1 Å². The Kier molecular flexibility index (Phi) is 5.10. The van der Waals surface area contributed by atoms with Crippen molar-refractivity contribution in [3.63, 3.8) is 0 Å². The molecule has 2 heterocycles. The van der Waals surface area contributed by atoms with Crippen molar-refractivity contribution in [2.24, 2.45) is 0 Å². The Bertz CT molecular complexity index is 987. The maximum Gasteiger partial charge on any atom is 0.255 e. The van der Waals surface area contributed by atoms with Gasteiger partial charge in [-0.3, -0.25) is 4.79 Å². The van der Waals surface area contributed by atoms with Gasteiger partial charge in [0, 0.05) is 30.1 Å². The summed E-state index contributed by atoms with van der Waals surface area (Å²) < 4.78 is 11.1. The van der Waals surface area contributed by atoms with Crippen LogP contribution in [0.1, 0.15) is 21.5 Å². The molecule has 3 aromatic rings. The van der Waals surface area contributed by atoms with E-state index in [-0.39, 0.29) is 5.91 Å². The van der Waals surface area contributed by atoms with E-state index in [2.05, 4.69) is 46.8 Å². The van der Waals surface area contributed by atoms with Crippen LogP contribution in [0.25, 0.3) is 0 Å². The lowest BCUT2D eigenvalue weighted by molar-refractivity contribution is 0.102. The average Bonchev–Trinajstić information content (AvgIpc) is 2.73. The number of carbonyl (C=O) groups excluding carboxylic acids is 1. The van der Waals surface area contributed by atoms with Gasteiger partial charge in [0.1, 0.15) is 19.0 Å². The molecule has 0 aliphatic carbocycles. The molecule has 0 bridgehead atoms. The van der Waals surface area contributed by atoms with Crippen molar-refractivity contribution in [3.8, 4) is 11.5 Å². The summed E-state index contributed by atoms with van der Waals surface area (Å²) in [6, 6.07) is 17.1. The number of hydrogen-bond acceptors (Lipinski definition) is 5. The Morgan fingerprint density at radius 2 is 1.79 bits per heavy atom. The quantitative estimate of drug-likeness (QED) is 0.705. The van der Waals surface area contributed by atoms with Crippen molar-refractivity contribution in [2.75, 3.05) is 23.8 Å². The Hall–Kier alpha value is -3.54. The summed E-state index contributed by atoms with van der Waals surface area (Å²) in [6.07, 6.45) is 1.62. The second kappa shape index (κ2) is 8.00. The summed E-state index contributed by atoms with van der Waals surface area (Å²) in [6.45, 7) is 3.74. The number of rotatable bonds is 5. The fourth-order valence-corrected chi connectivity index (χ4v) is 2.89. The fourth-order valence-electron chi connectivity index (χ4n) is 2.89. The molecule has 1 aliphatic rings. The molecule has 2 aromatic carbocycles. The molecule has 2 N–H and O–H groups in total. The Labute approximate surface area is 163 Å². The highest BCUT2D eigenvalue weighted by Gasteiger charge is 2.13. The molecule has 142 valence electrons. The number of nitrogens with one attached hydrogen (secondary N) is 2. The Morgan fingerprint density at radius 1 is 1.00 bits per heavy atom. The summed E-state index contributed by atoms with van der Waals surface area (Å²) in [5, 5.41) is 6.14. The number of fused-ring (bicyclic) bond motifs is 1. The standard InChI is InChI=1S/C22H21N3O3/c1-15-2-4-16(5-3-15)14-24-21-12-17(8-9-23-21)22(26)25-18-6-7-19-20(13-18)28-11-10-27-19/h2-9,12-13H,10-11,14H2,1H3,(H,23,24)(H,25,26). The van der Waals surface area contributed by atoms with Gasteiger partial charge in [0.2, 0.25) is 0 Å². The second-order valence-corrected chi connectivity index (χ2v) is 6.58. The summed E-state index contributed by atoms with van der Waals surface area (Å²) in [7, 11) is 0. The summed E-state index contributed by atoms with van der Waals surface area (Å²) in [5.41, 5.74) is 3.55. The van der Waals surface area contributed by atoms with E-state index in [9.17, 15) is 4.79 Å². The van der Waals surface area contributed by atoms with Crippen LogP contribution in [0.15, 0.2) is 60.8 Å². The average molecular weight is 375 g/mol. The number of aryl methyl sites for hydroxylation is 1. The molecular weight excluding hydrogens is 354 g/mol. The van der Waals surface area contributed by atoms with E-state index < -0.39 is 0 Å². The van der Waals surface area contributed by atoms with E-state index in [4.69, 9.17) is 9.47 Å².